The second-order valence-corrected chi connectivity index (χ2v) is 4.69. The molecule has 1 amide bonds. The maximum Gasteiger partial charge on any atom is 0.257 e. The van der Waals surface area contributed by atoms with Gasteiger partial charge in [-0.15, -0.1) is 0 Å². The van der Waals surface area contributed by atoms with E-state index in [1.807, 2.05) is 36.4 Å². The summed E-state index contributed by atoms with van der Waals surface area (Å²) >= 11 is 0. The van der Waals surface area contributed by atoms with Crippen LogP contribution in [-0.2, 0) is 9.63 Å². The predicted octanol–water partition coefficient (Wildman–Crippen LogP) is 1.48. The van der Waals surface area contributed by atoms with Crippen LogP contribution in [0.5, 0.6) is 0 Å². The molecule has 0 spiro atoms. The molecule has 2 rings (SSSR count). The number of nitrogens with two attached hydrogens (primary N) is 1. The number of nitrogens with zero attached hydrogens (tertiary/aromatic N) is 1. The third-order valence-corrected chi connectivity index (χ3v) is 3.17. The molecule has 0 bridgehead atoms. The number of hydrogen-bond donors (Lipinski definition) is 2. The number of nitrogens with one attached hydrogen (secondary N) is 1. The zero-order valence-electron chi connectivity index (χ0n) is 11.7. The van der Waals surface area contributed by atoms with Gasteiger partial charge in [0.25, 0.3) is 5.91 Å². The Morgan fingerprint density at radius 2 is 2.20 bits per heavy atom. The van der Waals surface area contributed by atoms with Crippen LogP contribution in [0.1, 0.15) is 25.3 Å². The van der Waals surface area contributed by atoms with Crippen LogP contribution in [0.4, 0.5) is 0 Å². The summed E-state index contributed by atoms with van der Waals surface area (Å²) in [7, 11) is 0. The predicted molar refractivity (Wildman–Crippen MR) is 78.1 cm³/mol. The van der Waals surface area contributed by atoms with Gasteiger partial charge in [0.15, 0.2) is 6.17 Å². The second kappa shape index (κ2) is 7.07. The van der Waals surface area contributed by atoms with Crippen molar-refractivity contribution < 1.29 is 9.63 Å². The summed E-state index contributed by atoms with van der Waals surface area (Å²) in [6.07, 6.45) is 3.35. The molecule has 3 N–H and O–H groups in total. The Kier molecular flexibility index (Phi) is 5.15. The number of amides is 1. The first kappa shape index (κ1) is 14.6. The van der Waals surface area contributed by atoms with Gasteiger partial charge in [-0.1, -0.05) is 43.7 Å². The van der Waals surface area contributed by atoms with Crippen molar-refractivity contribution in [2.45, 2.75) is 25.9 Å². The summed E-state index contributed by atoms with van der Waals surface area (Å²) in [6.45, 7) is 3.28. The summed E-state index contributed by atoms with van der Waals surface area (Å²) in [5.41, 5.74) is 7.37. The van der Waals surface area contributed by atoms with Crippen molar-refractivity contribution >= 4 is 11.6 Å². The molecule has 20 heavy (non-hydrogen) atoms. The summed E-state index contributed by atoms with van der Waals surface area (Å²) < 4.78 is 0. The first-order valence-corrected chi connectivity index (χ1v) is 6.94. The van der Waals surface area contributed by atoms with E-state index in [1.54, 1.807) is 5.06 Å². The first-order valence-electron chi connectivity index (χ1n) is 6.94. The molecule has 5 nitrogen and oxygen atoms in total. The molecule has 1 aromatic carbocycles. The molecule has 0 fully saturated rings. The van der Waals surface area contributed by atoms with E-state index in [1.165, 1.54) is 0 Å². The maximum absolute atomic E-state index is 11.7. The van der Waals surface area contributed by atoms with E-state index in [0.29, 0.717) is 6.61 Å². The van der Waals surface area contributed by atoms with E-state index >= 15 is 0 Å². The largest absolute Gasteiger partial charge is 0.367 e. The molecular formula is C15H21N3O2. The summed E-state index contributed by atoms with van der Waals surface area (Å²) in [5, 5.41) is 4.72. The van der Waals surface area contributed by atoms with Crippen LogP contribution < -0.4 is 11.1 Å². The zero-order chi connectivity index (χ0) is 14.4. The SMILES string of the molecule is CCCCNC(C(N)=O)N1OCC=C1c1ccccc1. The van der Waals surface area contributed by atoms with Gasteiger partial charge in [-0.3, -0.25) is 14.9 Å². The van der Waals surface area contributed by atoms with Crippen LogP contribution >= 0.6 is 0 Å². The third-order valence-electron chi connectivity index (χ3n) is 3.17. The number of rotatable bonds is 7. The Labute approximate surface area is 119 Å². The van der Waals surface area contributed by atoms with Crippen LogP contribution in [-0.4, -0.2) is 30.3 Å². The molecule has 1 aliphatic heterocycles. The number of primary amides is 1. The van der Waals surface area contributed by atoms with Gasteiger partial charge in [-0.25, -0.2) is 5.06 Å². The van der Waals surface area contributed by atoms with Gasteiger partial charge in [0.1, 0.15) is 0 Å². The summed E-state index contributed by atoms with van der Waals surface area (Å²) in [6, 6.07) is 9.83. The number of hydroxylamine groups is 2. The average molecular weight is 275 g/mol. The maximum atomic E-state index is 11.7. The zero-order valence-corrected chi connectivity index (χ0v) is 11.7. The molecule has 0 saturated carbocycles. The van der Waals surface area contributed by atoms with Crippen LogP contribution in [0.15, 0.2) is 36.4 Å². The Morgan fingerprint density at radius 3 is 2.85 bits per heavy atom. The van der Waals surface area contributed by atoms with Gasteiger partial charge >= 0.3 is 0 Å². The van der Waals surface area contributed by atoms with Gasteiger partial charge in [-0.05, 0) is 24.6 Å². The monoisotopic (exact) mass is 275 g/mol. The number of carbonyl (C=O) groups excluding carboxylic acids is 1. The van der Waals surface area contributed by atoms with Gasteiger partial charge in [0.2, 0.25) is 0 Å². The topological polar surface area (TPSA) is 67.6 Å². The van der Waals surface area contributed by atoms with Crippen molar-refractivity contribution in [3.63, 3.8) is 0 Å². The van der Waals surface area contributed by atoms with Crippen molar-refractivity contribution in [3.05, 3.63) is 42.0 Å². The quantitative estimate of drug-likeness (QED) is 0.740. The van der Waals surface area contributed by atoms with E-state index in [2.05, 4.69) is 12.2 Å². The van der Waals surface area contributed by atoms with E-state index < -0.39 is 12.1 Å². The molecule has 108 valence electrons. The normalized spacial score (nSPS) is 16.1. The highest BCUT2D eigenvalue weighted by atomic mass is 16.7. The lowest BCUT2D eigenvalue weighted by molar-refractivity contribution is -0.149. The Morgan fingerprint density at radius 1 is 1.45 bits per heavy atom. The fourth-order valence-electron chi connectivity index (χ4n) is 2.14. The van der Waals surface area contributed by atoms with Crippen LogP contribution in [0, 0.1) is 0 Å². The summed E-state index contributed by atoms with van der Waals surface area (Å²) in [4.78, 5) is 17.2. The Bertz CT molecular complexity index is 473. The average Bonchev–Trinajstić information content (AvgIpc) is 2.93. The van der Waals surface area contributed by atoms with Gasteiger partial charge in [-0.2, -0.15) is 0 Å². The van der Waals surface area contributed by atoms with Crippen molar-refractivity contribution in [1.82, 2.24) is 10.4 Å². The second-order valence-electron chi connectivity index (χ2n) is 4.69. The first-order chi connectivity index (χ1) is 9.74. The standard InChI is InChI=1S/C15H21N3O2/c1-2-3-10-17-15(14(16)19)18-13(9-11-20-18)12-7-5-4-6-8-12/h4-9,15,17H,2-3,10-11H2,1H3,(H2,16,19). The highest BCUT2D eigenvalue weighted by molar-refractivity contribution is 5.81. The molecular weight excluding hydrogens is 254 g/mol. The fraction of sp³-hybridized carbons (Fsp3) is 0.400. The lowest BCUT2D eigenvalue weighted by Crippen LogP contribution is -2.52. The Hall–Kier alpha value is -1.85. The minimum Gasteiger partial charge on any atom is -0.367 e. The van der Waals surface area contributed by atoms with Crippen LogP contribution in [0.2, 0.25) is 0 Å². The summed E-state index contributed by atoms with van der Waals surface area (Å²) in [5.74, 6) is -0.440. The molecule has 1 heterocycles. The molecule has 1 aliphatic rings. The van der Waals surface area contributed by atoms with E-state index in [-0.39, 0.29) is 0 Å². The molecule has 5 heteroatoms. The number of hydrogen-bond acceptors (Lipinski definition) is 4. The van der Waals surface area contributed by atoms with E-state index in [0.717, 1.165) is 30.6 Å². The lowest BCUT2D eigenvalue weighted by atomic mass is 10.1. The number of carbonyl (C=O) groups is 1. The highest BCUT2D eigenvalue weighted by Crippen LogP contribution is 2.25. The fourth-order valence-corrected chi connectivity index (χ4v) is 2.14. The molecule has 1 atom stereocenters. The molecule has 1 aromatic rings. The van der Waals surface area contributed by atoms with E-state index in [4.69, 9.17) is 10.6 Å². The minimum absolute atomic E-state index is 0.440. The molecule has 0 saturated heterocycles. The highest BCUT2D eigenvalue weighted by Gasteiger charge is 2.29. The number of benzene rings is 1. The van der Waals surface area contributed by atoms with Crippen molar-refractivity contribution in [2.75, 3.05) is 13.2 Å². The van der Waals surface area contributed by atoms with E-state index in [9.17, 15) is 4.79 Å². The molecule has 0 radical (unpaired) electrons. The Balaban J connectivity index is 2.12. The van der Waals surface area contributed by atoms with Gasteiger partial charge in [0.05, 0.1) is 12.3 Å². The lowest BCUT2D eigenvalue weighted by Gasteiger charge is -2.28. The van der Waals surface area contributed by atoms with Gasteiger partial charge < -0.3 is 5.73 Å². The van der Waals surface area contributed by atoms with Crippen LogP contribution in [0.3, 0.4) is 0 Å². The molecule has 0 aromatic heterocycles. The smallest absolute Gasteiger partial charge is 0.257 e. The van der Waals surface area contributed by atoms with Crippen LogP contribution in [0.25, 0.3) is 5.70 Å². The van der Waals surface area contributed by atoms with Crippen molar-refractivity contribution in [2.24, 2.45) is 5.73 Å². The minimum atomic E-state index is -0.643. The molecule has 1 unspecified atom stereocenters. The van der Waals surface area contributed by atoms with Crippen molar-refractivity contribution in [3.8, 4) is 0 Å². The third kappa shape index (κ3) is 3.37. The molecule has 0 aliphatic carbocycles. The van der Waals surface area contributed by atoms with Gasteiger partial charge in [0, 0.05) is 0 Å². The number of unbranched alkanes of at least 4 members (excludes halogenated alkanes) is 1. The van der Waals surface area contributed by atoms with Crippen molar-refractivity contribution in [1.29, 1.82) is 0 Å².